The van der Waals surface area contributed by atoms with Crippen molar-refractivity contribution in [1.29, 1.82) is 0 Å². The zero-order valence-corrected chi connectivity index (χ0v) is 14.7. The highest BCUT2D eigenvalue weighted by molar-refractivity contribution is 6.09. The Morgan fingerprint density at radius 1 is 0.962 bits per heavy atom. The predicted molar refractivity (Wildman–Crippen MR) is 102 cm³/mol. The Morgan fingerprint density at radius 2 is 1.69 bits per heavy atom. The van der Waals surface area contributed by atoms with E-state index >= 15 is 0 Å². The lowest BCUT2D eigenvalue weighted by Gasteiger charge is -2.11. The summed E-state index contributed by atoms with van der Waals surface area (Å²) in [5, 5.41) is 5.26. The highest BCUT2D eigenvalue weighted by Gasteiger charge is 2.18. The number of carbonyl (C=O) groups excluding carboxylic acids is 1. The summed E-state index contributed by atoms with van der Waals surface area (Å²) in [5.41, 5.74) is 3.42. The predicted octanol–water partition coefficient (Wildman–Crippen LogP) is 3.76. The van der Waals surface area contributed by atoms with Crippen LogP contribution >= 0.6 is 0 Å². The first-order valence-corrected chi connectivity index (χ1v) is 8.85. The number of rotatable bonds is 6. The van der Waals surface area contributed by atoms with Gasteiger partial charge in [0.1, 0.15) is 18.1 Å². The SMILES string of the molecule is COc1ccc(OCCNC(=O)c2ccc3c4c(cccc24)CC3)cc1. The maximum absolute atomic E-state index is 12.6. The quantitative estimate of drug-likeness (QED) is 0.691. The van der Waals surface area contributed by atoms with Gasteiger partial charge >= 0.3 is 0 Å². The number of ether oxygens (including phenoxy) is 2. The molecule has 1 aliphatic carbocycles. The Hall–Kier alpha value is -3.01. The third kappa shape index (κ3) is 3.10. The zero-order valence-electron chi connectivity index (χ0n) is 14.7. The second kappa shape index (κ2) is 7.08. The highest BCUT2D eigenvalue weighted by atomic mass is 16.5. The van der Waals surface area contributed by atoms with E-state index in [1.807, 2.05) is 42.5 Å². The van der Waals surface area contributed by atoms with Crippen molar-refractivity contribution in [2.75, 3.05) is 20.3 Å². The molecule has 4 heteroatoms. The van der Waals surface area contributed by atoms with Crippen LogP contribution in [0.25, 0.3) is 10.8 Å². The number of methoxy groups -OCH3 is 1. The minimum Gasteiger partial charge on any atom is -0.497 e. The molecule has 0 bridgehead atoms. The number of hydrogen-bond acceptors (Lipinski definition) is 3. The van der Waals surface area contributed by atoms with Gasteiger partial charge in [0.05, 0.1) is 13.7 Å². The van der Waals surface area contributed by atoms with Crippen molar-refractivity contribution >= 4 is 16.7 Å². The van der Waals surface area contributed by atoms with Gasteiger partial charge in [0.15, 0.2) is 0 Å². The van der Waals surface area contributed by atoms with Crippen LogP contribution in [0.1, 0.15) is 21.5 Å². The first-order chi connectivity index (χ1) is 12.8. The Morgan fingerprint density at radius 3 is 2.46 bits per heavy atom. The third-order valence-electron chi connectivity index (χ3n) is 4.84. The Labute approximate surface area is 152 Å². The first kappa shape index (κ1) is 16.5. The average Bonchev–Trinajstić information content (AvgIpc) is 3.11. The van der Waals surface area contributed by atoms with E-state index < -0.39 is 0 Å². The average molecular weight is 347 g/mol. The highest BCUT2D eigenvalue weighted by Crippen LogP contribution is 2.32. The van der Waals surface area contributed by atoms with Gasteiger partial charge in [-0.2, -0.15) is 0 Å². The van der Waals surface area contributed by atoms with Crippen molar-refractivity contribution in [3.05, 3.63) is 71.3 Å². The minimum absolute atomic E-state index is 0.0565. The van der Waals surface area contributed by atoms with Gasteiger partial charge in [0, 0.05) is 5.56 Å². The monoisotopic (exact) mass is 347 g/mol. The molecule has 0 heterocycles. The number of benzene rings is 3. The molecular formula is C22H21NO3. The van der Waals surface area contributed by atoms with E-state index in [-0.39, 0.29) is 5.91 Å². The van der Waals surface area contributed by atoms with E-state index in [2.05, 4.69) is 17.4 Å². The normalized spacial score (nSPS) is 12.2. The maximum atomic E-state index is 12.6. The molecule has 4 rings (SSSR count). The topological polar surface area (TPSA) is 47.6 Å². The van der Waals surface area contributed by atoms with Gasteiger partial charge in [-0.1, -0.05) is 24.3 Å². The molecule has 3 aromatic rings. The fourth-order valence-electron chi connectivity index (χ4n) is 3.55. The molecule has 0 saturated carbocycles. The molecule has 3 aromatic carbocycles. The van der Waals surface area contributed by atoms with Gasteiger partial charge in [-0.25, -0.2) is 0 Å². The van der Waals surface area contributed by atoms with Crippen molar-refractivity contribution in [3.63, 3.8) is 0 Å². The second-order valence-corrected chi connectivity index (χ2v) is 6.39. The van der Waals surface area contributed by atoms with Gasteiger partial charge in [-0.3, -0.25) is 4.79 Å². The Bertz CT molecular complexity index is 937. The molecule has 1 aliphatic rings. The van der Waals surface area contributed by atoms with Gasteiger partial charge < -0.3 is 14.8 Å². The molecule has 0 unspecified atom stereocenters. The first-order valence-electron chi connectivity index (χ1n) is 8.85. The fraction of sp³-hybridized carbons (Fsp3) is 0.227. The summed E-state index contributed by atoms with van der Waals surface area (Å²) in [5.74, 6) is 1.49. The molecule has 0 spiro atoms. The number of aryl methyl sites for hydroxylation is 2. The van der Waals surface area contributed by atoms with Crippen LogP contribution in [0, 0.1) is 0 Å². The molecule has 0 saturated heterocycles. The lowest BCUT2D eigenvalue weighted by Crippen LogP contribution is -2.28. The maximum Gasteiger partial charge on any atom is 0.252 e. The molecule has 4 nitrogen and oxygen atoms in total. The second-order valence-electron chi connectivity index (χ2n) is 6.39. The summed E-state index contributed by atoms with van der Waals surface area (Å²) in [6.45, 7) is 0.868. The van der Waals surface area contributed by atoms with Crippen molar-refractivity contribution in [1.82, 2.24) is 5.32 Å². The standard InChI is InChI=1S/C22H21NO3/c1-25-17-8-10-18(11-9-17)26-14-13-23-22(24)20-12-7-16-6-5-15-3-2-4-19(20)21(15)16/h2-4,7-12H,5-6,13-14H2,1H3,(H,23,24). The van der Waals surface area contributed by atoms with Crippen LogP contribution in [0.15, 0.2) is 54.6 Å². The molecule has 1 N–H and O–H groups in total. The van der Waals surface area contributed by atoms with Crippen molar-refractivity contribution in [2.24, 2.45) is 0 Å². The van der Waals surface area contributed by atoms with E-state index in [0.29, 0.717) is 13.2 Å². The van der Waals surface area contributed by atoms with Gasteiger partial charge in [0.2, 0.25) is 0 Å². The van der Waals surface area contributed by atoms with Crippen LogP contribution < -0.4 is 14.8 Å². The molecular weight excluding hydrogens is 326 g/mol. The Balaban J connectivity index is 1.39. The molecule has 1 amide bonds. The molecule has 0 radical (unpaired) electrons. The molecule has 132 valence electrons. The van der Waals surface area contributed by atoms with Crippen LogP contribution in [0.5, 0.6) is 11.5 Å². The van der Waals surface area contributed by atoms with Crippen LogP contribution in [0.4, 0.5) is 0 Å². The largest absolute Gasteiger partial charge is 0.497 e. The zero-order chi connectivity index (χ0) is 17.9. The van der Waals surface area contributed by atoms with Crippen LogP contribution in [-0.2, 0) is 12.8 Å². The van der Waals surface area contributed by atoms with Crippen LogP contribution in [0.3, 0.4) is 0 Å². The summed E-state index contributed by atoms with van der Waals surface area (Å²) in [7, 11) is 1.63. The van der Waals surface area contributed by atoms with Gasteiger partial charge in [0.25, 0.3) is 5.91 Å². The smallest absolute Gasteiger partial charge is 0.252 e. The van der Waals surface area contributed by atoms with E-state index in [1.165, 1.54) is 16.5 Å². The number of carbonyl (C=O) groups is 1. The summed E-state index contributed by atoms with van der Waals surface area (Å²) >= 11 is 0. The van der Waals surface area contributed by atoms with E-state index in [4.69, 9.17) is 9.47 Å². The number of hydrogen-bond donors (Lipinski definition) is 1. The van der Waals surface area contributed by atoms with Crippen molar-refractivity contribution in [3.8, 4) is 11.5 Å². The molecule has 0 atom stereocenters. The molecule has 26 heavy (non-hydrogen) atoms. The number of amides is 1. The van der Waals surface area contributed by atoms with Gasteiger partial charge in [-0.05, 0) is 65.1 Å². The Kier molecular flexibility index (Phi) is 4.48. The molecule has 0 fully saturated rings. The summed E-state index contributed by atoms with van der Waals surface area (Å²) in [6.07, 6.45) is 2.13. The lowest BCUT2D eigenvalue weighted by molar-refractivity contribution is 0.0948. The van der Waals surface area contributed by atoms with E-state index in [1.54, 1.807) is 7.11 Å². The van der Waals surface area contributed by atoms with Crippen LogP contribution in [0.2, 0.25) is 0 Å². The number of nitrogens with one attached hydrogen (secondary N) is 1. The summed E-state index contributed by atoms with van der Waals surface area (Å²) in [6, 6.07) is 17.7. The summed E-state index contributed by atoms with van der Waals surface area (Å²) in [4.78, 5) is 12.6. The van der Waals surface area contributed by atoms with Crippen LogP contribution in [-0.4, -0.2) is 26.2 Å². The van der Waals surface area contributed by atoms with Crippen molar-refractivity contribution in [2.45, 2.75) is 12.8 Å². The van der Waals surface area contributed by atoms with Gasteiger partial charge in [-0.15, -0.1) is 0 Å². The minimum atomic E-state index is -0.0565. The molecule has 0 aliphatic heterocycles. The van der Waals surface area contributed by atoms with Crippen molar-refractivity contribution < 1.29 is 14.3 Å². The molecule has 0 aromatic heterocycles. The fourth-order valence-corrected chi connectivity index (χ4v) is 3.55. The third-order valence-corrected chi connectivity index (χ3v) is 4.84. The lowest BCUT2D eigenvalue weighted by atomic mass is 9.99. The van der Waals surface area contributed by atoms with E-state index in [9.17, 15) is 4.79 Å². The summed E-state index contributed by atoms with van der Waals surface area (Å²) < 4.78 is 10.8. The van der Waals surface area contributed by atoms with E-state index in [0.717, 1.165) is 35.3 Å².